The highest BCUT2D eigenvalue weighted by Gasteiger charge is 2.03. The average Bonchev–Trinajstić information content (AvgIpc) is 2.36. The Morgan fingerprint density at radius 2 is 2.12 bits per heavy atom. The van der Waals surface area contributed by atoms with Gasteiger partial charge in [0.2, 0.25) is 0 Å². The SMILES string of the molecule is COCCNCc1cccnc1SCCOC. The van der Waals surface area contributed by atoms with E-state index in [9.17, 15) is 0 Å². The van der Waals surface area contributed by atoms with Crippen LogP contribution in [0.2, 0.25) is 0 Å². The molecule has 1 heterocycles. The van der Waals surface area contributed by atoms with Crippen molar-refractivity contribution < 1.29 is 9.47 Å². The molecule has 4 nitrogen and oxygen atoms in total. The summed E-state index contributed by atoms with van der Waals surface area (Å²) in [5, 5.41) is 4.40. The van der Waals surface area contributed by atoms with E-state index in [4.69, 9.17) is 9.47 Å². The molecule has 1 N–H and O–H groups in total. The van der Waals surface area contributed by atoms with Crippen LogP contribution in [0.25, 0.3) is 0 Å². The molecule has 0 radical (unpaired) electrons. The van der Waals surface area contributed by atoms with Crippen LogP contribution in [-0.2, 0) is 16.0 Å². The van der Waals surface area contributed by atoms with Crippen molar-refractivity contribution in [1.29, 1.82) is 0 Å². The van der Waals surface area contributed by atoms with Crippen molar-refractivity contribution in [2.24, 2.45) is 0 Å². The third-order valence-corrected chi connectivity index (χ3v) is 3.19. The molecule has 0 saturated carbocycles. The molecule has 0 unspecified atom stereocenters. The summed E-state index contributed by atoms with van der Waals surface area (Å²) < 4.78 is 10.0. The molecule has 0 amide bonds. The predicted molar refractivity (Wildman–Crippen MR) is 70.4 cm³/mol. The van der Waals surface area contributed by atoms with Gasteiger partial charge in [-0.05, 0) is 11.6 Å². The lowest BCUT2D eigenvalue weighted by atomic mass is 10.3. The molecule has 1 aromatic rings. The zero-order valence-corrected chi connectivity index (χ0v) is 11.3. The lowest BCUT2D eigenvalue weighted by molar-refractivity contribution is 0.199. The van der Waals surface area contributed by atoms with Gasteiger partial charge in [-0.2, -0.15) is 0 Å². The van der Waals surface area contributed by atoms with Gasteiger partial charge < -0.3 is 14.8 Å². The Kier molecular flexibility index (Phi) is 8.00. The molecule has 0 aliphatic heterocycles. The summed E-state index contributed by atoms with van der Waals surface area (Å²) in [7, 11) is 3.42. The van der Waals surface area contributed by atoms with Crippen LogP contribution >= 0.6 is 11.8 Å². The fraction of sp³-hybridized carbons (Fsp3) is 0.583. The molecule has 0 fully saturated rings. The Hall–Kier alpha value is -0.620. The quantitative estimate of drug-likeness (QED) is 0.536. The maximum Gasteiger partial charge on any atom is 0.101 e. The van der Waals surface area contributed by atoms with Crippen LogP contribution in [0.3, 0.4) is 0 Å². The van der Waals surface area contributed by atoms with E-state index in [0.29, 0.717) is 0 Å². The van der Waals surface area contributed by atoms with Gasteiger partial charge in [0.15, 0.2) is 0 Å². The third-order valence-electron chi connectivity index (χ3n) is 2.17. The van der Waals surface area contributed by atoms with E-state index < -0.39 is 0 Å². The van der Waals surface area contributed by atoms with Crippen LogP contribution in [0, 0.1) is 0 Å². The lowest BCUT2D eigenvalue weighted by Gasteiger charge is -2.08. The molecule has 0 aliphatic rings. The topological polar surface area (TPSA) is 43.4 Å². The van der Waals surface area contributed by atoms with Crippen molar-refractivity contribution in [3.63, 3.8) is 0 Å². The number of hydrogen-bond acceptors (Lipinski definition) is 5. The number of methoxy groups -OCH3 is 2. The molecule has 1 aromatic heterocycles. The summed E-state index contributed by atoms with van der Waals surface area (Å²) >= 11 is 1.73. The minimum atomic E-state index is 0.729. The number of thioether (sulfide) groups is 1. The minimum Gasteiger partial charge on any atom is -0.384 e. The number of nitrogens with zero attached hydrogens (tertiary/aromatic N) is 1. The largest absolute Gasteiger partial charge is 0.384 e. The van der Waals surface area contributed by atoms with Crippen LogP contribution < -0.4 is 5.32 Å². The van der Waals surface area contributed by atoms with Crippen LogP contribution in [0.5, 0.6) is 0 Å². The Labute approximate surface area is 107 Å². The van der Waals surface area contributed by atoms with Gasteiger partial charge in [0, 0.05) is 39.3 Å². The van der Waals surface area contributed by atoms with Crippen LogP contribution in [0.4, 0.5) is 0 Å². The number of pyridine rings is 1. The first-order valence-electron chi connectivity index (χ1n) is 5.63. The molecule has 0 spiro atoms. The first-order valence-corrected chi connectivity index (χ1v) is 6.62. The highest BCUT2D eigenvalue weighted by atomic mass is 32.2. The Morgan fingerprint density at radius 1 is 1.29 bits per heavy atom. The van der Waals surface area contributed by atoms with Crippen LogP contribution in [0.15, 0.2) is 23.4 Å². The monoisotopic (exact) mass is 256 g/mol. The van der Waals surface area contributed by atoms with Gasteiger partial charge in [0.1, 0.15) is 5.03 Å². The lowest BCUT2D eigenvalue weighted by Crippen LogP contribution is -2.19. The van der Waals surface area contributed by atoms with Gasteiger partial charge in [-0.15, -0.1) is 11.8 Å². The minimum absolute atomic E-state index is 0.729. The predicted octanol–water partition coefficient (Wildman–Crippen LogP) is 1.56. The molecular weight excluding hydrogens is 236 g/mol. The van der Waals surface area contributed by atoms with E-state index in [2.05, 4.69) is 16.4 Å². The van der Waals surface area contributed by atoms with Crippen LogP contribution in [-0.4, -0.2) is 44.7 Å². The first-order chi connectivity index (χ1) is 8.38. The van der Waals surface area contributed by atoms with E-state index in [1.54, 1.807) is 26.0 Å². The molecule has 0 bridgehead atoms. The second-order valence-electron chi connectivity index (χ2n) is 3.48. The highest BCUT2D eigenvalue weighted by Crippen LogP contribution is 2.19. The summed E-state index contributed by atoms with van der Waals surface area (Å²) in [5.41, 5.74) is 1.23. The van der Waals surface area contributed by atoms with E-state index >= 15 is 0 Å². The Morgan fingerprint density at radius 3 is 2.88 bits per heavy atom. The molecule has 0 saturated heterocycles. The molecule has 1 rings (SSSR count). The number of aromatic nitrogens is 1. The Bertz CT molecular complexity index is 310. The van der Waals surface area contributed by atoms with Gasteiger partial charge in [-0.25, -0.2) is 4.98 Å². The fourth-order valence-electron chi connectivity index (χ4n) is 1.31. The van der Waals surface area contributed by atoms with E-state index in [1.807, 2.05) is 12.3 Å². The smallest absolute Gasteiger partial charge is 0.101 e. The van der Waals surface area contributed by atoms with E-state index in [-0.39, 0.29) is 0 Å². The number of rotatable bonds is 9. The molecule has 5 heteroatoms. The summed E-state index contributed by atoms with van der Waals surface area (Å²) in [6, 6.07) is 4.07. The van der Waals surface area contributed by atoms with Gasteiger partial charge in [0.25, 0.3) is 0 Å². The normalized spacial score (nSPS) is 10.7. The number of ether oxygens (including phenoxy) is 2. The van der Waals surface area contributed by atoms with Crippen molar-refractivity contribution in [3.8, 4) is 0 Å². The molecular formula is C12H20N2O2S. The molecule has 96 valence electrons. The molecule has 0 atom stereocenters. The van der Waals surface area contributed by atoms with Crippen molar-refractivity contribution in [2.45, 2.75) is 11.6 Å². The van der Waals surface area contributed by atoms with Gasteiger partial charge in [0.05, 0.1) is 13.2 Å². The van der Waals surface area contributed by atoms with Crippen molar-refractivity contribution in [1.82, 2.24) is 10.3 Å². The van der Waals surface area contributed by atoms with Crippen molar-refractivity contribution >= 4 is 11.8 Å². The average molecular weight is 256 g/mol. The third kappa shape index (κ3) is 6.02. The second kappa shape index (κ2) is 9.41. The summed E-state index contributed by atoms with van der Waals surface area (Å²) in [6.07, 6.45) is 1.83. The van der Waals surface area contributed by atoms with E-state index in [1.165, 1.54) is 5.56 Å². The number of hydrogen-bond donors (Lipinski definition) is 1. The summed E-state index contributed by atoms with van der Waals surface area (Å²) in [4.78, 5) is 4.39. The second-order valence-corrected chi connectivity index (χ2v) is 4.56. The van der Waals surface area contributed by atoms with Gasteiger partial charge >= 0.3 is 0 Å². The molecule has 17 heavy (non-hydrogen) atoms. The van der Waals surface area contributed by atoms with Gasteiger partial charge in [-0.3, -0.25) is 0 Å². The maximum atomic E-state index is 5.04. The number of nitrogens with one attached hydrogen (secondary N) is 1. The fourth-order valence-corrected chi connectivity index (χ4v) is 2.21. The van der Waals surface area contributed by atoms with Crippen LogP contribution in [0.1, 0.15) is 5.56 Å². The first kappa shape index (κ1) is 14.4. The van der Waals surface area contributed by atoms with Crippen molar-refractivity contribution in [3.05, 3.63) is 23.9 Å². The van der Waals surface area contributed by atoms with Crippen molar-refractivity contribution in [2.75, 3.05) is 39.7 Å². The highest BCUT2D eigenvalue weighted by molar-refractivity contribution is 7.99. The van der Waals surface area contributed by atoms with E-state index in [0.717, 1.165) is 37.1 Å². The standard InChI is InChI=1S/C12H20N2O2S/c1-15-7-6-13-10-11-4-3-5-14-12(11)17-9-8-16-2/h3-5,13H,6-10H2,1-2H3. The van der Waals surface area contributed by atoms with Gasteiger partial charge in [-0.1, -0.05) is 6.07 Å². The molecule has 0 aromatic carbocycles. The Balaban J connectivity index is 2.40. The zero-order valence-electron chi connectivity index (χ0n) is 10.4. The maximum absolute atomic E-state index is 5.04. The summed E-state index contributed by atoms with van der Waals surface area (Å²) in [5.74, 6) is 0.929. The summed E-state index contributed by atoms with van der Waals surface area (Å²) in [6.45, 7) is 3.16. The molecule has 0 aliphatic carbocycles. The zero-order chi connectivity index (χ0) is 12.3.